The Morgan fingerprint density at radius 3 is 1.66 bits per heavy atom. The number of benzene rings is 6. The Morgan fingerprint density at radius 2 is 1.07 bits per heavy atom. The van der Waals surface area contributed by atoms with E-state index in [1.165, 1.54) is 66.7 Å². The standard InChI is InChI=1S/C34H27N9O11S4/c35-18-1-11-24(26(44)15-18)41-38-20-4-2-19(3-5-20)37-25-12-8-22(16-27(25)56(46,47)48)40-42-32-28(57(49,50)51)13-17-14-29(58(52,53)54)33(34(45)30(17)31(32)36)43-39-21-6-9-23(55)10-7-21/h1-16,37,44-45,55H,35-36H2,(H,46,47,48)(H,49,50,51)(H,52,53,54)/b41-38+,42-40+,43-39+. The summed E-state index contributed by atoms with van der Waals surface area (Å²) in [5, 5.41) is 46.5. The SMILES string of the molecule is Nc1ccc(/N=N/c2ccc(Nc3ccc(/N=N/c4c(S(=O)(=O)O)cc5cc(S(=O)(=O)O)c(/N=N/c6ccc(S)cc6)c(O)c5c4N)cc3S(=O)(=O)O)cc2)c(O)c1. The molecule has 6 rings (SSSR count). The summed E-state index contributed by atoms with van der Waals surface area (Å²) in [6.45, 7) is 0. The molecule has 58 heavy (non-hydrogen) atoms. The highest BCUT2D eigenvalue weighted by Crippen LogP contribution is 2.48. The van der Waals surface area contributed by atoms with Gasteiger partial charge >= 0.3 is 0 Å². The van der Waals surface area contributed by atoms with Crippen molar-refractivity contribution < 1.29 is 49.1 Å². The number of hydrogen-bond donors (Lipinski definition) is 9. The van der Waals surface area contributed by atoms with E-state index in [-0.39, 0.29) is 28.5 Å². The van der Waals surface area contributed by atoms with Crippen molar-refractivity contribution in [3.05, 3.63) is 97.1 Å². The van der Waals surface area contributed by atoms with Crippen LogP contribution in [0.3, 0.4) is 0 Å². The number of aromatic hydroxyl groups is 2. The van der Waals surface area contributed by atoms with Crippen LogP contribution in [0.5, 0.6) is 11.5 Å². The summed E-state index contributed by atoms with van der Waals surface area (Å²) in [6, 6.07) is 21.1. The fourth-order valence-electron chi connectivity index (χ4n) is 5.23. The van der Waals surface area contributed by atoms with Gasteiger partial charge in [0.25, 0.3) is 30.4 Å². The van der Waals surface area contributed by atoms with Gasteiger partial charge in [-0.05, 0) is 96.4 Å². The number of thiol groups is 1. The smallest absolute Gasteiger partial charge is 0.296 e. The van der Waals surface area contributed by atoms with Crippen molar-refractivity contribution in [2.75, 3.05) is 16.8 Å². The summed E-state index contributed by atoms with van der Waals surface area (Å²) < 4.78 is 105. The number of phenolic OH excluding ortho intramolecular Hbond substituents is 2. The van der Waals surface area contributed by atoms with Gasteiger partial charge in [-0.1, -0.05) is 0 Å². The zero-order valence-corrected chi connectivity index (χ0v) is 32.3. The average Bonchev–Trinajstić information content (AvgIpc) is 3.14. The van der Waals surface area contributed by atoms with Gasteiger partial charge in [0, 0.05) is 22.3 Å². The van der Waals surface area contributed by atoms with Crippen LogP contribution in [0.1, 0.15) is 0 Å². The van der Waals surface area contributed by atoms with Gasteiger partial charge in [-0.25, -0.2) is 0 Å². The van der Waals surface area contributed by atoms with E-state index in [2.05, 4.69) is 48.6 Å². The lowest BCUT2D eigenvalue weighted by Crippen LogP contribution is -2.04. The van der Waals surface area contributed by atoms with Crippen LogP contribution in [0.2, 0.25) is 0 Å². The van der Waals surface area contributed by atoms with E-state index < -0.39 is 78.6 Å². The molecule has 0 atom stereocenters. The van der Waals surface area contributed by atoms with Crippen molar-refractivity contribution in [2.24, 2.45) is 30.7 Å². The van der Waals surface area contributed by atoms with Crippen molar-refractivity contribution in [1.29, 1.82) is 0 Å². The lowest BCUT2D eigenvalue weighted by atomic mass is 10.1. The quantitative estimate of drug-likeness (QED) is 0.0255. The van der Waals surface area contributed by atoms with Gasteiger partial charge in [-0.3, -0.25) is 13.7 Å². The molecule has 6 aromatic rings. The maximum Gasteiger partial charge on any atom is 0.296 e. The summed E-state index contributed by atoms with van der Waals surface area (Å²) in [5.74, 6) is -1.17. The van der Waals surface area contributed by atoms with Crippen LogP contribution in [0.25, 0.3) is 10.8 Å². The molecule has 0 unspecified atom stereocenters. The Hall–Kier alpha value is -6.54. The number of anilines is 4. The van der Waals surface area contributed by atoms with E-state index in [4.69, 9.17) is 11.5 Å². The minimum absolute atomic E-state index is 0.130. The number of nitrogens with zero attached hydrogens (tertiary/aromatic N) is 6. The zero-order chi connectivity index (χ0) is 42.2. The summed E-state index contributed by atoms with van der Waals surface area (Å²) in [7, 11) is -15.3. The fourth-order valence-corrected chi connectivity index (χ4v) is 7.38. The van der Waals surface area contributed by atoms with Gasteiger partial charge in [0.05, 0.1) is 33.8 Å². The molecular formula is C34H27N9O11S4. The second-order valence-electron chi connectivity index (χ2n) is 11.9. The van der Waals surface area contributed by atoms with Crippen molar-refractivity contribution in [3.8, 4) is 11.5 Å². The van der Waals surface area contributed by atoms with Crippen molar-refractivity contribution in [1.82, 2.24) is 0 Å². The predicted molar refractivity (Wildman–Crippen MR) is 214 cm³/mol. The van der Waals surface area contributed by atoms with Gasteiger partial charge in [0.15, 0.2) is 5.75 Å². The molecule has 0 aliphatic heterocycles. The van der Waals surface area contributed by atoms with Crippen LogP contribution in [-0.2, 0) is 30.4 Å². The topological polar surface area (TPSA) is 342 Å². The molecule has 0 heterocycles. The first-order chi connectivity index (χ1) is 27.2. The van der Waals surface area contributed by atoms with Gasteiger partial charge in [-0.2, -0.15) is 40.6 Å². The second-order valence-corrected chi connectivity index (χ2v) is 16.6. The van der Waals surface area contributed by atoms with E-state index in [1.54, 1.807) is 12.1 Å². The molecular weight excluding hydrogens is 839 g/mol. The van der Waals surface area contributed by atoms with Crippen LogP contribution in [-0.4, -0.2) is 49.1 Å². The maximum atomic E-state index is 12.5. The predicted octanol–water partition coefficient (Wildman–Crippen LogP) is 8.43. The van der Waals surface area contributed by atoms with E-state index in [1.807, 2.05) is 0 Å². The number of rotatable bonds is 11. The van der Waals surface area contributed by atoms with E-state index in [0.717, 1.165) is 12.1 Å². The number of phenols is 2. The van der Waals surface area contributed by atoms with Gasteiger partial charge in [-0.15, -0.1) is 28.0 Å². The highest BCUT2D eigenvalue weighted by atomic mass is 32.2. The molecule has 0 saturated heterocycles. The Labute approximate surface area is 334 Å². The molecule has 0 spiro atoms. The molecule has 0 amide bonds. The van der Waals surface area contributed by atoms with E-state index >= 15 is 0 Å². The average molecular weight is 866 g/mol. The lowest BCUT2D eigenvalue weighted by molar-refractivity contribution is 0.472. The number of nitrogens with one attached hydrogen (secondary N) is 1. The molecule has 0 aliphatic rings. The number of fused-ring (bicyclic) bond motifs is 1. The lowest BCUT2D eigenvalue weighted by Gasteiger charge is -2.14. The molecule has 24 heteroatoms. The molecule has 20 nitrogen and oxygen atoms in total. The van der Waals surface area contributed by atoms with Crippen molar-refractivity contribution in [2.45, 2.75) is 19.6 Å². The number of azo groups is 3. The molecule has 0 radical (unpaired) electrons. The summed E-state index contributed by atoms with van der Waals surface area (Å²) in [4.78, 5) is -2.14. The molecule has 298 valence electrons. The second kappa shape index (κ2) is 15.8. The number of hydrogen-bond acceptors (Lipinski definition) is 18. The highest BCUT2D eigenvalue weighted by molar-refractivity contribution is 7.86. The third-order valence-corrected chi connectivity index (χ3v) is 10.8. The zero-order valence-electron chi connectivity index (χ0n) is 28.9. The summed E-state index contributed by atoms with van der Waals surface area (Å²) in [5.41, 5.74) is 10.6. The maximum absolute atomic E-state index is 12.5. The third kappa shape index (κ3) is 9.18. The normalized spacial score (nSPS) is 12.6. The van der Waals surface area contributed by atoms with Crippen LogP contribution in [0, 0.1) is 0 Å². The minimum Gasteiger partial charge on any atom is -0.506 e. The highest BCUT2D eigenvalue weighted by Gasteiger charge is 2.28. The number of nitrogen functional groups attached to an aromatic ring is 2. The molecule has 0 aliphatic carbocycles. The Kier molecular flexibility index (Phi) is 11.2. The van der Waals surface area contributed by atoms with Crippen LogP contribution in [0.15, 0.2) is 147 Å². The largest absolute Gasteiger partial charge is 0.506 e. The Bertz CT molecular complexity index is 3050. The van der Waals surface area contributed by atoms with Crippen LogP contribution in [0.4, 0.5) is 56.9 Å². The van der Waals surface area contributed by atoms with Crippen molar-refractivity contribution in [3.63, 3.8) is 0 Å². The monoisotopic (exact) mass is 865 g/mol. The Balaban J connectivity index is 1.37. The molecule has 0 aromatic heterocycles. The minimum atomic E-state index is -5.22. The molecule has 0 fully saturated rings. The van der Waals surface area contributed by atoms with Gasteiger partial charge < -0.3 is 27.0 Å². The summed E-state index contributed by atoms with van der Waals surface area (Å²) >= 11 is 4.16. The molecule has 6 aromatic carbocycles. The number of nitrogens with two attached hydrogens (primary N) is 2. The molecule has 0 bridgehead atoms. The van der Waals surface area contributed by atoms with Gasteiger partial charge in [0.1, 0.15) is 37.5 Å². The van der Waals surface area contributed by atoms with E-state index in [9.17, 15) is 49.1 Å². The third-order valence-electron chi connectivity index (χ3n) is 7.91. The first-order valence-corrected chi connectivity index (χ1v) is 20.6. The molecule has 0 saturated carbocycles. The van der Waals surface area contributed by atoms with Gasteiger partial charge in [0.2, 0.25) is 0 Å². The van der Waals surface area contributed by atoms with Crippen LogP contribution >= 0.6 is 12.6 Å². The van der Waals surface area contributed by atoms with Crippen LogP contribution < -0.4 is 16.8 Å². The first-order valence-electron chi connectivity index (χ1n) is 15.9. The fraction of sp³-hybridized carbons (Fsp3) is 0. The Morgan fingerprint density at radius 1 is 0.552 bits per heavy atom. The molecule has 10 N–H and O–H groups in total. The first kappa shape index (κ1) is 41.1. The van der Waals surface area contributed by atoms with E-state index in [0.29, 0.717) is 28.0 Å². The van der Waals surface area contributed by atoms with Crippen molar-refractivity contribution >= 4 is 111 Å². The summed E-state index contributed by atoms with van der Waals surface area (Å²) in [6.07, 6.45) is 0.